The van der Waals surface area contributed by atoms with Gasteiger partial charge < -0.3 is 4.74 Å². The van der Waals surface area contributed by atoms with Gasteiger partial charge in [-0.05, 0) is 36.3 Å². The number of hydrogen-bond donors (Lipinski definition) is 0. The molecule has 0 amide bonds. The molecule has 14 heavy (non-hydrogen) atoms. The van der Waals surface area contributed by atoms with Gasteiger partial charge in [0.25, 0.3) is 0 Å². The van der Waals surface area contributed by atoms with Crippen LogP contribution in [0.4, 0.5) is 0 Å². The van der Waals surface area contributed by atoms with Gasteiger partial charge in [0.15, 0.2) is 0 Å². The van der Waals surface area contributed by atoms with Crippen molar-refractivity contribution >= 4 is 23.6 Å². The number of methoxy groups -OCH3 is 1. The molecule has 0 radical (unpaired) electrons. The lowest BCUT2D eigenvalue weighted by Crippen LogP contribution is -1.93. The van der Waals surface area contributed by atoms with Gasteiger partial charge in [-0.25, -0.2) is 4.79 Å². The zero-order valence-corrected chi connectivity index (χ0v) is 8.84. The molecule has 0 fully saturated rings. The molecule has 0 aliphatic heterocycles. The van der Waals surface area contributed by atoms with Crippen molar-refractivity contribution in [3.05, 3.63) is 40.4 Å². The van der Waals surface area contributed by atoms with E-state index < -0.39 is 0 Å². The highest BCUT2D eigenvalue weighted by atomic mass is 35.5. The van der Waals surface area contributed by atoms with Gasteiger partial charge in [-0.15, -0.1) is 0 Å². The highest BCUT2D eigenvalue weighted by Crippen LogP contribution is 2.16. The number of rotatable bonds is 2. The van der Waals surface area contributed by atoms with Gasteiger partial charge in [-0.3, -0.25) is 0 Å². The first kappa shape index (κ1) is 10.8. The predicted octanol–water partition coefficient (Wildman–Crippen LogP) is 2.83. The molecule has 1 aromatic carbocycles. The summed E-state index contributed by atoms with van der Waals surface area (Å²) in [6.07, 6.45) is 3.06. The largest absolute Gasteiger partial charge is 0.466 e. The third kappa shape index (κ3) is 2.89. The highest BCUT2D eigenvalue weighted by molar-refractivity contribution is 6.30. The molecule has 0 aliphatic rings. The maximum atomic E-state index is 10.8. The molecule has 0 atom stereocenters. The fourth-order valence-corrected chi connectivity index (χ4v) is 1.20. The molecule has 0 saturated heterocycles. The van der Waals surface area contributed by atoms with E-state index in [-0.39, 0.29) is 5.97 Å². The summed E-state index contributed by atoms with van der Waals surface area (Å²) in [4.78, 5) is 10.8. The average Bonchev–Trinajstić information content (AvgIpc) is 2.19. The van der Waals surface area contributed by atoms with Crippen LogP contribution in [0.25, 0.3) is 6.08 Å². The minimum absolute atomic E-state index is 0.371. The van der Waals surface area contributed by atoms with E-state index in [0.29, 0.717) is 5.02 Å². The fraction of sp³-hybridized carbons (Fsp3) is 0.182. The van der Waals surface area contributed by atoms with E-state index in [1.807, 2.05) is 19.1 Å². The van der Waals surface area contributed by atoms with Crippen molar-refractivity contribution in [3.63, 3.8) is 0 Å². The van der Waals surface area contributed by atoms with Crippen LogP contribution >= 0.6 is 11.6 Å². The Bertz CT molecular complexity index is 370. The molecule has 0 spiro atoms. The van der Waals surface area contributed by atoms with E-state index >= 15 is 0 Å². The van der Waals surface area contributed by atoms with Crippen molar-refractivity contribution in [2.45, 2.75) is 6.92 Å². The summed E-state index contributed by atoms with van der Waals surface area (Å²) >= 11 is 5.82. The number of ether oxygens (including phenoxy) is 1. The summed E-state index contributed by atoms with van der Waals surface area (Å²) in [7, 11) is 1.34. The molecule has 0 unspecified atom stereocenters. The van der Waals surface area contributed by atoms with E-state index in [0.717, 1.165) is 11.1 Å². The van der Waals surface area contributed by atoms with Crippen LogP contribution in [0, 0.1) is 6.92 Å². The zero-order chi connectivity index (χ0) is 10.6. The normalized spacial score (nSPS) is 10.5. The topological polar surface area (TPSA) is 26.3 Å². The summed E-state index contributed by atoms with van der Waals surface area (Å²) in [5.74, 6) is -0.371. The van der Waals surface area contributed by atoms with Crippen molar-refractivity contribution in [1.82, 2.24) is 0 Å². The van der Waals surface area contributed by atoms with Gasteiger partial charge in [-0.2, -0.15) is 0 Å². The molecule has 0 aromatic heterocycles. The summed E-state index contributed by atoms with van der Waals surface area (Å²) in [5, 5.41) is 0.653. The van der Waals surface area contributed by atoms with Crippen LogP contribution < -0.4 is 0 Å². The molecular weight excluding hydrogens is 200 g/mol. The maximum Gasteiger partial charge on any atom is 0.330 e. The Balaban J connectivity index is 2.90. The first-order chi connectivity index (χ1) is 6.63. The second kappa shape index (κ2) is 4.82. The van der Waals surface area contributed by atoms with Crippen molar-refractivity contribution in [3.8, 4) is 0 Å². The molecular formula is C11H11ClO2. The Morgan fingerprint density at radius 2 is 2.21 bits per heavy atom. The van der Waals surface area contributed by atoms with Crippen LogP contribution in [0.3, 0.4) is 0 Å². The minimum Gasteiger partial charge on any atom is -0.466 e. The second-order valence-corrected chi connectivity index (χ2v) is 3.29. The standard InChI is InChI=1S/C11H11ClO2/c1-8-3-5-10(12)7-9(8)4-6-11(13)14-2/h3-7H,1-2H3/b6-4+. The van der Waals surface area contributed by atoms with Crippen LogP contribution in [0.5, 0.6) is 0 Å². The molecule has 3 heteroatoms. The third-order valence-electron chi connectivity index (χ3n) is 1.84. The first-order valence-corrected chi connectivity index (χ1v) is 4.53. The van der Waals surface area contributed by atoms with Gasteiger partial charge >= 0.3 is 5.97 Å². The number of esters is 1. The Labute approximate surface area is 88.1 Å². The monoisotopic (exact) mass is 210 g/mol. The number of aryl methyl sites for hydroxylation is 1. The van der Waals surface area contributed by atoms with Gasteiger partial charge in [0, 0.05) is 11.1 Å². The van der Waals surface area contributed by atoms with Crippen molar-refractivity contribution in [2.24, 2.45) is 0 Å². The molecule has 0 saturated carbocycles. The lowest BCUT2D eigenvalue weighted by molar-refractivity contribution is -0.134. The van der Waals surface area contributed by atoms with E-state index in [9.17, 15) is 4.79 Å². The number of carbonyl (C=O) groups excluding carboxylic acids is 1. The van der Waals surface area contributed by atoms with Gasteiger partial charge in [0.05, 0.1) is 7.11 Å². The number of carbonyl (C=O) groups is 1. The summed E-state index contributed by atoms with van der Waals surface area (Å²) in [6.45, 7) is 1.95. The van der Waals surface area contributed by atoms with E-state index in [4.69, 9.17) is 11.6 Å². The summed E-state index contributed by atoms with van der Waals surface area (Å²) in [6, 6.07) is 5.52. The summed E-state index contributed by atoms with van der Waals surface area (Å²) in [5.41, 5.74) is 1.98. The lowest BCUT2D eigenvalue weighted by atomic mass is 10.1. The number of halogens is 1. The Morgan fingerprint density at radius 1 is 1.50 bits per heavy atom. The molecule has 1 aromatic rings. The van der Waals surface area contributed by atoms with Crippen LogP contribution in [0.2, 0.25) is 5.02 Å². The molecule has 1 rings (SSSR count). The quantitative estimate of drug-likeness (QED) is 0.554. The Kier molecular flexibility index (Phi) is 3.72. The third-order valence-corrected chi connectivity index (χ3v) is 2.08. The second-order valence-electron chi connectivity index (χ2n) is 2.86. The molecule has 74 valence electrons. The molecule has 0 bridgehead atoms. The molecule has 0 heterocycles. The zero-order valence-electron chi connectivity index (χ0n) is 8.08. The van der Waals surface area contributed by atoms with Crippen molar-refractivity contribution < 1.29 is 9.53 Å². The molecule has 2 nitrogen and oxygen atoms in total. The van der Waals surface area contributed by atoms with E-state index in [1.165, 1.54) is 13.2 Å². The van der Waals surface area contributed by atoms with Gasteiger partial charge in [-0.1, -0.05) is 17.7 Å². The fourth-order valence-electron chi connectivity index (χ4n) is 1.02. The summed E-state index contributed by atoms with van der Waals surface area (Å²) < 4.78 is 4.48. The van der Waals surface area contributed by atoms with Crippen LogP contribution in [-0.2, 0) is 9.53 Å². The van der Waals surface area contributed by atoms with Crippen molar-refractivity contribution in [1.29, 1.82) is 0 Å². The minimum atomic E-state index is -0.371. The number of benzene rings is 1. The first-order valence-electron chi connectivity index (χ1n) is 4.15. The average molecular weight is 211 g/mol. The molecule has 0 aliphatic carbocycles. The number of hydrogen-bond acceptors (Lipinski definition) is 2. The van der Waals surface area contributed by atoms with Gasteiger partial charge in [0.1, 0.15) is 0 Å². The predicted molar refractivity (Wildman–Crippen MR) is 57.2 cm³/mol. The Hall–Kier alpha value is -1.28. The Morgan fingerprint density at radius 3 is 2.86 bits per heavy atom. The van der Waals surface area contributed by atoms with Crippen molar-refractivity contribution in [2.75, 3.05) is 7.11 Å². The van der Waals surface area contributed by atoms with E-state index in [1.54, 1.807) is 12.1 Å². The van der Waals surface area contributed by atoms with Crippen LogP contribution in [-0.4, -0.2) is 13.1 Å². The smallest absolute Gasteiger partial charge is 0.330 e. The maximum absolute atomic E-state index is 10.8. The SMILES string of the molecule is COC(=O)/C=C/c1cc(Cl)ccc1C. The van der Waals surface area contributed by atoms with Crippen LogP contribution in [0.1, 0.15) is 11.1 Å². The molecule has 0 N–H and O–H groups in total. The van der Waals surface area contributed by atoms with E-state index in [2.05, 4.69) is 4.74 Å². The van der Waals surface area contributed by atoms with Gasteiger partial charge in [0.2, 0.25) is 0 Å². The van der Waals surface area contributed by atoms with Crippen LogP contribution in [0.15, 0.2) is 24.3 Å². The highest BCUT2D eigenvalue weighted by Gasteiger charge is 1.97. The lowest BCUT2D eigenvalue weighted by Gasteiger charge is -1.99.